The molecule has 1 aliphatic heterocycles. The minimum absolute atomic E-state index is 0.109. The molecule has 0 amide bonds. The van der Waals surface area contributed by atoms with Crippen LogP contribution in [0.3, 0.4) is 0 Å². The smallest absolute Gasteiger partial charge is 0.217 e. The van der Waals surface area contributed by atoms with Gasteiger partial charge in [-0.25, -0.2) is 8.42 Å². The molecule has 2 aliphatic rings. The molecule has 2 rings (SSSR count). The zero-order valence-corrected chi connectivity index (χ0v) is 12.4. The van der Waals surface area contributed by atoms with E-state index in [1.807, 2.05) is 11.4 Å². The molecule has 0 aromatic heterocycles. The van der Waals surface area contributed by atoms with Crippen molar-refractivity contribution >= 4 is 10.0 Å². The van der Waals surface area contributed by atoms with E-state index >= 15 is 0 Å². The van der Waals surface area contributed by atoms with Gasteiger partial charge in [0, 0.05) is 18.6 Å². The maximum absolute atomic E-state index is 12.7. The largest absolute Gasteiger partial charge is 0.316 e. The summed E-state index contributed by atoms with van der Waals surface area (Å²) in [5.41, 5.74) is 0. The van der Waals surface area contributed by atoms with E-state index in [4.69, 9.17) is 0 Å². The average Bonchev–Trinajstić information content (AvgIpc) is 2.92. The van der Waals surface area contributed by atoms with Crippen LogP contribution in [0, 0.1) is 0 Å². The number of likely N-dealkylation sites (N-methyl/N-ethyl adjacent to an activating group) is 1. The molecule has 1 N–H and O–H groups in total. The normalized spacial score (nSPS) is 29.6. The Hall–Kier alpha value is -0.130. The van der Waals surface area contributed by atoms with E-state index in [0.717, 1.165) is 51.5 Å². The molecule has 0 aromatic rings. The summed E-state index contributed by atoms with van der Waals surface area (Å²) >= 11 is 0. The zero-order chi connectivity index (χ0) is 13.2. The molecule has 1 saturated heterocycles. The Kier molecular flexibility index (Phi) is 4.67. The molecule has 5 heteroatoms. The number of nitrogens with one attached hydrogen (secondary N) is 1. The molecule has 0 aromatic carbocycles. The molecule has 0 radical (unpaired) electrons. The van der Waals surface area contributed by atoms with Gasteiger partial charge in [-0.2, -0.15) is 4.31 Å². The standard InChI is InChI=1S/C13H26N2O2S/c1-11(14-2)13-9-5-6-10-15(13)18(16,17)12-7-3-4-8-12/h11-14H,3-10H2,1-2H3. The fourth-order valence-electron chi connectivity index (χ4n) is 3.32. The van der Waals surface area contributed by atoms with E-state index in [9.17, 15) is 8.42 Å². The van der Waals surface area contributed by atoms with Crippen molar-refractivity contribution in [3.05, 3.63) is 0 Å². The lowest BCUT2D eigenvalue weighted by atomic mass is 9.99. The molecule has 2 fully saturated rings. The Labute approximate surface area is 111 Å². The topological polar surface area (TPSA) is 49.4 Å². The third kappa shape index (κ3) is 2.73. The van der Waals surface area contributed by atoms with Gasteiger partial charge in [0.2, 0.25) is 10.0 Å². The number of nitrogens with zero attached hydrogens (tertiary/aromatic N) is 1. The first-order valence-electron chi connectivity index (χ1n) is 7.25. The van der Waals surface area contributed by atoms with Crippen LogP contribution in [0.1, 0.15) is 51.9 Å². The Bertz CT molecular complexity index is 363. The highest BCUT2D eigenvalue weighted by Crippen LogP contribution is 2.31. The van der Waals surface area contributed by atoms with Crippen LogP contribution in [-0.2, 0) is 10.0 Å². The lowest BCUT2D eigenvalue weighted by molar-refractivity contribution is 0.211. The zero-order valence-electron chi connectivity index (χ0n) is 11.6. The van der Waals surface area contributed by atoms with Crippen molar-refractivity contribution in [2.24, 2.45) is 0 Å². The number of piperidine rings is 1. The Balaban J connectivity index is 2.17. The van der Waals surface area contributed by atoms with E-state index < -0.39 is 10.0 Å². The highest BCUT2D eigenvalue weighted by Gasteiger charge is 2.40. The van der Waals surface area contributed by atoms with E-state index in [1.165, 1.54) is 0 Å². The molecule has 4 nitrogen and oxygen atoms in total. The average molecular weight is 274 g/mol. The first kappa shape index (κ1) is 14.3. The predicted molar refractivity (Wildman–Crippen MR) is 74.0 cm³/mol. The van der Waals surface area contributed by atoms with Crippen molar-refractivity contribution in [3.8, 4) is 0 Å². The van der Waals surface area contributed by atoms with Crippen molar-refractivity contribution in [1.29, 1.82) is 0 Å². The van der Waals surface area contributed by atoms with Gasteiger partial charge >= 0.3 is 0 Å². The minimum atomic E-state index is -3.07. The van der Waals surface area contributed by atoms with Crippen molar-refractivity contribution in [2.45, 2.75) is 69.2 Å². The summed E-state index contributed by atoms with van der Waals surface area (Å²) in [6.07, 6.45) is 7.02. The summed E-state index contributed by atoms with van der Waals surface area (Å²) in [4.78, 5) is 0. The van der Waals surface area contributed by atoms with Gasteiger partial charge in [0.25, 0.3) is 0 Å². The van der Waals surface area contributed by atoms with E-state index in [0.29, 0.717) is 0 Å². The first-order chi connectivity index (χ1) is 8.57. The van der Waals surface area contributed by atoms with Crippen molar-refractivity contribution in [3.63, 3.8) is 0 Å². The quantitative estimate of drug-likeness (QED) is 0.849. The van der Waals surface area contributed by atoms with Crippen LogP contribution in [0.15, 0.2) is 0 Å². The Morgan fingerprint density at radius 2 is 1.72 bits per heavy atom. The summed E-state index contributed by atoms with van der Waals surface area (Å²) in [5, 5.41) is 3.11. The van der Waals surface area contributed by atoms with Gasteiger partial charge in [0.1, 0.15) is 0 Å². The summed E-state index contributed by atoms with van der Waals surface area (Å²) < 4.78 is 27.2. The maximum atomic E-state index is 12.7. The maximum Gasteiger partial charge on any atom is 0.217 e. The Morgan fingerprint density at radius 3 is 2.33 bits per heavy atom. The third-order valence-electron chi connectivity index (χ3n) is 4.58. The van der Waals surface area contributed by atoms with Gasteiger partial charge in [0.05, 0.1) is 5.25 Å². The van der Waals surface area contributed by atoms with Crippen molar-refractivity contribution in [2.75, 3.05) is 13.6 Å². The third-order valence-corrected chi connectivity index (χ3v) is 7.00. The second-order valence-corrected chi connectivity index (χ2v) is 7.87. The van der Waals surface area contributed by atoms with Crippen LogP contribution in [0.4, 0.5) is 0 Å². The van der Waals surface area contributed by atoms with Crippen LogP contribution in [-0.4, -0.2) is 43.6 Å². The monoisotopic (exact) mass is 274 g/mol. The molecule has 106 valence electrons. The summed E-state index contributed by atoms with van der Waals surface area (Å²) in [6.45, 7) is 2.81. The molecular formula is C13H26N2O2S. The van der Waals surface area contributed by atoms with Gasteiger partial charge in [-0.1, -0.05) is 19.3 Å². The van der Waals surface area contributed by atoms with E-state index in [-0.39, 0.29) is 17.3 Å². The van der Waals surface area contributed by atoms with Crippen molar-refractivity contribution < 1.29 is 8.42 Å². The molecule has 1 saturated carbocycles. The SMILES string of the molecule is CNC(C)C1CCCCN1S(=O)(=O)C1CCCC1. The molecule has 18 heavy (non-hydrogen) atoms. The molecule has 1 heterocycles. The summed E-state index contributed by atoms with van der Waals surface area (Å²) in [5.74, 6) is 0. The van der Waals surface area contributed by atoms with Crippen LogP contribution >= 0.6 is 0 Å². The lowest BCUT2D eigenvalue weighted by Gasteiger charge is -2.39. The second kappa shape index (κ2) is 5.88. The van der Waals surface area contributed by atoms with Gasteiger partial charge in [0.15, 0.2) is 0 Å². The fourth-order valence-corrected chi connectivity index (χ4v) is 5.68. The van der Waals surface area contributed by atoms with Crippen LogP contribution in [0.25, 0.3) is 0 Å². The van der Waals surface area contributed by atoms with Gasteiger partial charge < -0.3 is 5.32 Å². The molecule has 1 aliphatic carbocycles. The minimum Gasteiger partial charge on any atom is -0.316 e. The van der Waals surface area contributed by atoms with Gasteiger partial charge in [-0.05, 0) is 39.7 Å². The van der Waals surface area contributed by atoms with Crippen molar-refractivity contribution in [1.82, 2.24) is 9.62 Å². The first-order valence-corrected chi connectivity index (χ1v) is 8.75. The van der Waals surface area contributed by atoms with E-state index in [2.05, 4.69) is 12.2 Å². The number of hydrogen-bond acceptors (Lipinski definition) is 3. The summed E-state index contributed by atoms with van der Waals surface area (Å²) in [7, 11) is -1.16. The molecule has 2 atom stereocenters. The number of hydrogen-bond donors (Lipinski definition) is 1. The Morgan fingerprint density at radius 1 is 1.11 bits per heavy atom. The highest BCUT2D eigenvalue weighted by atomic mass is 32.2. The van der Waals surface area contributed by atoms with Crippen LogP contribution < -0.4 is 5.32 Å². The molecule has 2 unspecified atom stereocenters. The fraction of sp³-hybridized carbons (Fsp3) is 1.00. The highest BCUT2D eigenvalue weighted by molar-refractivity contribution is 7.89. The van der Waals surface area contributed by atoms with Crippen LogP contribution in [0.5, 0.6) is 0 Å². The van der Waals surface area contributed by atoms with Gasteiger partial charge in [-0.15, -0.1) is 0 Å². The lowest BCUT2D eigenvalue weighted by Crippen LogP contribution is -2.54. The van der Waals surface area contributed by atoms with E-state index in [1.54, 1.807) is 0 Å². The van der Waals surface area contributed by atoms with Crippen LogP contribution in [0.2, 0.25) is 0 Å². The molecular weight excluding hydrogens is 248 g/mol. The van der Waals surface area contributed by atoms with Gasteiger partial charge in [-0.3, -0.25) is 0 Å². The number of rotatable bonds is 4. The summed E-state index contributed by atoms with van der Waals surface area (Å²) in [6, 6.07) is 0.385. The predicted octanol–water partition coefficient (Wildman–Crippen LogP) is 1.72. The second-order valence-electron chi connectivity index (χ2n) is 5.70. The number of sulfonamides is 1. The molecule has 0 bridgehead atoms. The molecule has 0 spiro atoms.